The maximum absolute atomic E-state index is 5.60. The second kappa shape index (κ2) is 6.96. The van der Waals surface area contributed by atoms with E-state index in [2.05, 4.69) is 11.0 Å². The predicted molar refractivity (Wildman–Crippen MR) is 87.2 cm³/mol. The van der Waals surface area contributed by atoms with Crippen LogP contribution in [0, 0.1) is 0 Å². The lowest BCUT2D eigenvalue weighted by molar-refractivity contribution is 0.220. The Balaban J connectivity index is 1.84. The molecule has 1 fully saturated rings. The summed E-state index contributed by atoms with van der Waals surface area (Å²) in [6, 6.07) is 8.37. The molecule has 124 valence electrons. The average molecular weight is 317 g/mol. The van der Waals surface area contributed by atoms with Gasteiger partial charge in [0.15, 0.2) is 11.5 Å². The SMILES string of the molecule is COc1cc(CN2CCC[C@@H]2c2ccco2)cc(OC)c1OC. The van der Waals surface area contributed by atoms with Gasteiger partial charge in [-0.1, -0.05) is 0 Å². The molecule has 1 aliphatic rings. The van der Waals surface area contributed by atoms with Crippen LogP contribution in [0.4, 0.5) is 0 Å². The van der Waals surface area contributed by atoms with Crippen molar-refractivity contribution >= 4 is 0 Å². The van der Waals surface area contributed by atoms with Crippen LogP contribution in [0.25, 0.3) is 0 Å². The molecule has 1 aliphatic heterocycles. The van der Waals surface area contributed by atoms with Gasteiger partial charge in [-0.3, -0.25) is 4.90 Å². The summed E-state index contributed by atoms with van der Waals surface area (Å²) in [6.45, 7) is 1.88. The topological polar surface area (TPSA) is 44.1 Å². The number of rotatable bonds is 6. The summed E-state index contributed by atoms with van der Waals surface area (Å²) in [5, 5.41) is 0. The lowest BCUT2D eigenvalue weighted by Crippen LogP contribution is -2.22. The van der Waals surface area contributed by atoms with Crippen LogP contribution in [0.5, 0.6) is 17.2 Å². The van der Waals surface area contributed by atoms with E-state index in [-0.39, 0.29) is 0 Å². The summed E-state index contributed by atoms with van der Waals surface area (Å²) in [5.74, 6) is 3.05. The smallest absolute Gasteiger partial charge is 0.203 e. The minimum absolute atomic E-state index is 0.337. The molecular weight excluding hydrogens is 294 g/mol. The fourth-order valence-corrected chi connectivity index (χ4v) is 3.28. The Kier molecular flexibility index (Phi) is 4.76. The van der Waals surface area contributed by atoms with Gasteiger partial charge < -0.3 is 18.6 Å². The van der Waals surface area contributed by atoms with E-state index in [0.717, 1.165) is 30.8 Å². The van der Waals surface area contributed by atoms with Crippen molar-refractivity contribution in [1.29, 1.82) is 0 Å². The first-order chi connectivity index (χ1) is 11.3. The summed E-state index contributed by atoms with van der Waals surface area (Å²) in [4.78, 5) is 2.43. The lowest BCUT2D eigenvalue weighted by Gasteiger charge is -2.23. The van der Waals surface area contributed by atoms with E-state index in [1.807, 2.05) is 18.2 Å². The summed E-state index contributed by atoms with van der Waals surface area (Å²) in [6.07, 6.45) is 4.04. The van der Waals surface area contributed by atoms with E-state index in [4.69, 9.17) is 18.6 Å². The summed E-state index contributed by atoms with van der Waals surface area (Å²) in [5.41, 5.74) is 1.14. The summed E-state index contributed by atoms with van der Waals surface area (Å²) in [7, 11) is 4.90. The molecule has 0 radical (unpaired) electrons. The first-order valence-electron chi connectivity index (χ1n) is 7.83. The number of benzene rings is 1. The fourth-order valence-electron chi connectivity index (χ4n) is 3.28. The van der Waals surface area contributed by atoms with Gasteiger partial charge in [0.2, 0.25) is 5.75 Å². The maximum Gasteiger partial charge on any atom is 0.203 e. The van der Waals surface area contributed by atoms with Gasteiger partial charge in [0.05, 0.1) is 33.6 Å². The van der Waals surface area contributed by atoms with Gasteiger partial charge >= 0.3 is 0 Å². The van der Waals surface area contributed by atoms with Crippen molar-refractivity contribution in [1.82, 2.24) is 4.90 Å². The van der Waals surface area contributed by atoms with E-state index >= 15 is 0 Å². The monoisotopic (exact) mass is 317 g/mol. The second-order valence-electron chi connectivity index (χ2n) is 5.68. The van der Waals surface area contributed by atoms with Crippen molar-refractivity contribution in [2.45, 2.75) is 25.4 Å². The fraction of sp³-hybridized carbons (Fsp3) is 0.444. The molecule has 5 nitrogen and oxygen atoms in total. The van der Waals surface area contributed by atoms with Crippen LogP contribution in [0.3, 0.4) is 0 Å². The molecule has 0 N–H and O–H groups in total. The summed E-state index contributed by atoms with van der Waals surface area (Å²) < 4.78 is 21.9. The number of hydrogen-bond donors (Lipinski definition) is 0. The van der Waals surface area contributed by atoms with Crippen LogP contribution in [0.1, 0.15) is 30.2 Å². The Labute approximate surface area is 136 Å². The molecule has 1 saturated heterocycles. The average Bonchev–Trinajstić information content (AvgIpc) is 3.24. The number of likely N-dealkylation sites (tertiary alicyclic amines) is 1. The van der Waals surface area contributed by atoms with Crippen molar-refractivity contribution in [2.24, 2.45) is 0 Å². The molecule has 0 spiro atoms. The summed E-state index contributed by atoms with van der Waals surface area (Å²) >= 11 is 0. The Hall–Kier alpha value is -2.14. The van der Waals surface area contributed by atoms with Gasteiger partial charge in [0.25, 0.3) is 0 Å². The molecule has 2 aromatic rings. The van der Waals surface area contributed by atoms with Crippen molar-refractivity contribution < 1.29 is 18.6 Å². The minimum atomic E-state index is 0.337. The highest BCUT2D eigenvalue weighted by Crippen LogP contribution is 2.40. The molecule has 5 heteroatoms. The van der Waals surface area contributed by atoms with Gasteiger partial charge in [0, 0.05) is 6.54 Å². The zero-order valence-corrected chi connectivity index (χ0v) is 13.9. The molecule has 0 aliphatic carbocycles. The number of ether oxygens (including phenoxy) is 3. The predicted octanol–water partition coefficient (Wildman–Crippen LogP) is 3.64. The van der Waals surface area contributed by atoms with E-state index < -0.39 is 0 Å². The van der Waals surface area contributed by atoms with Crippen molar-refractivity contribution in [3.05, 3.63) is 41.9 Å². The molecular formula is C18H23NO4. The second-order valence-corrected chi connectivity index (χ2v) is 5.68. The first-order valence-corrected chi connectivity index (χ1v) is 7.83. The minimum Gasteiger partial charge on any atom is -0.493 e. The molecule has 3 rings (SSSR count). The molecule has 1 aromatic heterocycles. The number of nitrogens with zero attached hydrogens (tertiary/aromatic N) is 1. The normalized spacial score (nSPS) is 18.1. The zero-order chi connectivity index (χ0) is 16.2. The Bertz CT molecular complexity index is 613. The molecule has 23 heavy (non-hydrogen) atoms. The van der Waals surface area contributed by atoms with Crippen LogP contribution in [-0.2, 0) is 6.54 Å². The molecule has 0 amide bonds. The van der Waals surface area contributed by atoms with E-state index in [0.29, 0.717) is 23.3 Å². The van der Waals surface area contributed by atoms with Crippen molar-refractivity contribution in [3.8, 4) is 17.2 Å². The molecule has 0 bridgehead atoms. The standard InChI is InChI=1S/C18H23NO4/c1-20-16-10-13(11-17(21-2)18(16)22-3)12-19-8-4-6-14(19)15-7-5-9-23-15/h5,7,9-11,14H,4,6,8,12H2,1-3H3/t14-/m1/s1. The highest BCUT2D eigenvalue weighted by atomic mass is 16.5. The Morgan fingerprint density at radius 3 is 2.43 bits per heavy atom. The van der Waals surface area contributed by atoms with E-state index in [1.165, 1.54) is 6.42 Å². The van der Waals surface area contributed by atoms with Crippen LogP contribution in [-0.4, -0.2) is 32.8 Å². The zero-order valence-electron chi connectivity index (χ0n) is 13.9. The third kappa shape index (κ3) is 3.15. The van der Waals surface area contributed by atoms with Crippen molar-refractivity contribution in [2.75, 3.05) is 27.9 Å². The molecule has 1 atom stereocenters. The number of hydrogen-bond acceptors (Lipinski definition) is 5. The Morgan fingerprint density at radius 1 is 1.13 bits per heavy atom. The van der Waals surface area contributed by atoms with Crippen LogP contribution in [0.15, 0.2) is 34.9 Å². The Morgan fingerprint density at radius 2 is 1.87 bits per heavy atom. The van der Waals surface area contributed by atoms with Crippen LogP contribution < -0.4 is 14.2 Å². The van der Waals surface area contributed by atoms with E-state index in [1.54, 1.807) is 27.6 Å². The molecule has 1 aromatic carbocycles. The number of methoxy groups -OCH3 is 3. The highest BCUT2D eigenvalue weighted by Gasteiger charge is 2.28. The third-order valence-corrected chi connectivity index (χ3v) is 4.35. The van der Waals surface area contributed by atoms with Gasteiger partial charge in [-0.15, -0.1) is 0 Å². The molecule has 0 unspecified atom stereocenters. The van der Waals surface area contributed by atoms with Gasteiger partial charge in [0.1, 0.15) is 5.76 Å². The van der Waals surface area contributed by atoms with Gasteiger partial charge in [-0.25, -0.2) is 0 Å². The van der Waals surface area contributed by atoms with E-state index in [9.17, 15) is 0 Å². The third-order valence-electron chi connectivity index (χ3n) is 4.35. The quantitative estimate of drug-likeness (QED) is 0.814. The number of furan rings is 1. The van der Waals surface area contributed by atoms with Crippen LogP contribution in [0.2, 0.25) is 0 Å². The van der Waals surface area contributed by atoms with Crippen LogP contribution >= 0.6 is 0 Å². The van der Waals surface area contributed by atoms with Gasteiger partial charge in [-0.2, -0.15) is 0 Å². The maximum atomic E-state index is 5.60. The first kappa shape index (κ1) is 15.7. The lowest BCUT2D eigenvalue weighted by atomic mass is 10.1. The highest BCUT2D eigenvalue weighted by molar-refractivity contribution is 5.53. The largest absolute Gasteiger partial charge is 0.493 e. The molecule has 2 heterocycles. The van der Waals surface area contributed by atoms with Gasteiger partial charge in [-0.05, 0) is 49.2 Å². The van der Waals surface area contributed by atoms with Crippen molar-refractivity contribution in [3.63, 3.8) is 0 Å². The molecule has 0 saturated carbocycles.